The van der Waals surface area contributed by atoms with Crippen LogP contribution in [0.1, 0.15) is 19.3 Å². The second kappa shape index (κ2) is 5.92. The number of nitrogens with zero attached hydrogens (tertiary/aromatic N) is 4. The fourth-order valence-corrected chi connectivity index (χ4v) is 2.62. The first-order valence-corrected chi connectivity index (χ1v) is 8.00. The smallest absolute Gasteiger partial charge is 0.264 e. The highest BCUT2D eigenvalue weighted by molar-refractivity contribution is 5.77. The van der Waals surface area contributed by atoms with Crippen molar-refractivity contribution < 1.29 is 4.79 Å². The third kappa shape index (κ3) is 2.80. The molecule has 0 saturated heterocycles. The molecule has 1 fully saturated rings. The Balaban J connectivity index is 1.59. The van der Waals surface area contributed by atoms with Crippen LogP contribution >= 0.6 is 0 Å². The van der Waals surface area contributed by atoms with E-state index in [4.69, 9.17) is 0 Å². The number of carbonyl (C=O) groups excluding carboxylic acids is 1. The van der Waals surface area contributed by atoms with E-state index in [9.17, 15) is 9.59 Å². The lowest BCUT2D eigenvalue weighted by Crippen LogP contribution is -2.28. The van der Waals surface area contributed by atoms with Gasteiger partial charge in [0.05, 0.1) is 18.2 Å². The molecule has 0 spiro atoms. The third-order valence-electron chi connectivity index (χ3n) is 4.08. The Bertz CT molecular complexity index is 941. The molecule has 3 aromatic rings. The van der Waals surface area contributed by atoms with E-state index in [1.165, 1.54) is 17.1 Å². The Labute approximate surface area is 137 Å². The number of aryl methyl sites for hydroxylation is 1. The number of aromatic nitrogens is 4. The maximum Gasteiger partial charge on any atom is 0.264 e. The highest BCUT2D eigenvalue weighted by atomic mass is 16.2. The van der Waals surface area contributed by atoms with Gasteiger partial charge in [-0.25, -0.2) is 9.67 Å². The Morgan fingerprint density at radius 3 is 2.79 bits per heavy atom. The van der Waals surface area contributed by atoms with Crippen molar-refractivity contribution >= 4 is 16.9 Å². The third-order valence-corrected chi connectivity index (χ3v) is 4.08. The van der Waals surface area contributed by atoms with Crippen molar-refractivity contribution in [3.05, 3.63) is 53.2 Å². The summed E-state index contributed by atoms with van der Waals surface area (Å²) in [6, 6.07) is 9.87. The van der Waals surface area contributed by atoms with Gasteiger partial charge in [-0.3, -0.25) is 14.2 Å². The molecule has 24 heavy (non-hydrogen) atoms. The van der Waals surface area contributed by atoms with Crippen LogP contribution in [0, 0.1) is 0 Å². The molecule has 1 N–H and O–H groups in total. The van der Waals surface area contributed by atoms with Crippen LogP contribution < -0.4 is 10.9 Å². The zero-order valence-electron chi connectivity index (χ0n) is 13.1. The lowest BCUT2D eigenvalue weighted by Gasteiger charge is -2.07. The Hall–Kier alpha value is -2.96. The largest absolute Gasteiger partial charge is 0.353 e. The van der Waals surface area contributed by atoms with Gasteiger partial charge < -0.3 is 5.32 Å². The summed E-state index contributed by atoms with van der Waals surface area (Å²) in [5, 5.41) is 7.64. The molecule has 1 aromatic carbocycles. The fourth-order valence-electron chi connectivity index (χ4n) is 2.62. The summed E-state index contributed by atoms with van der Waals surface area (Å²) >= 11 is 0. The van der Waals surface area contributed by atoms with Crippen LogP contribution in [0.3, 0.4) is 0 Å². The molecule has 0 aliphatic heterocycles. The molecular weight excluding hydrogens is 306 g/mol. The molecule has 1 aliphatic rings. The van der Waals surface area contributed by atoms with Gasteiger partial charge in [-0.15, -0.1) is 0 Å². The van der Waals surface area contributed by atoms with Crippen molar-refractivity contribution in [3.63, 3.8) is 0 Å². The van der Waals surface area contributed by atoms with Crippen molar-refractivity contribution in [2.45, 2.75) is 31.8 Å². The Kier molecular flexibility index (Phi) is 3.60. The molecule has 2 aromatic heterocycles. The zero-order valence-corrected chi connectivity index (χ0v) is 13.1. The topological polar surface area (TPSA) is 81.8 Å². The van der Waals surface area contributed by atoms with E-state index in [0.29, 0.717) is 23.6 Å². The standard InChI is InChI=1S/C17H17N5O2/c23-15(20-12-6-7-12)8-9-21-11-18-16-14(17(21)24)10-19-22(16)13-4-2-1-3-5-13/h1-5,10-12H,6-9H2,(H,20,23). The second-order valence-electron chi connectivity index (χ2n) is 5.96. The number of para-hydroxylation sites is 1. The van der Waals surface area contributed by atoms with Gasteiger partial charge in [0.2, 0.25) is 5.91 Å². The quantitative estimate of drug-likeness (QED) is 0.766. The first kappa shape index (κ1) is 14.6. The highest BCUT2D eigenvalue weighted by Crippen LogP contribution is 2.18. The summed E-state index contributed by atoms with van der Waals surface area (Å²) in [5.41, 5.74) is 1.19. The predicted molar refractivity (Wildman–Crippen MR) is 88.9 cm³/mol. The molecule has 4 rings (SSSR count). The van der Waals surface area contributed by atoms with E-state index in [2.05, 4.69) is 15.4 Å². The van der Waals surface area contributed by atoms with Gasteiger partial charge >= 0.3 is 0 Å². The van der Waals surface area contributed by atoms with Crippen LogP contribution in [-0.4, -0.2) is 31.3 Å². The normalized spacial score (nSPS) is 14.0. The van der Waals surface area contributed by atoms with Crippen molar-refractivity contribution in [2.75, 3.05) is 0 Å². The van der Waals surface area contributed by atoms with Crippen LogP contribution in [0.15, 0.2) is 47.7 Å². The number of carbonyl (C=O) groups is 1. The summed E-state index contributed by atoms with van der Waals surface area (Å²) in [4.78, 5) is 28.7. The summed E-state index contributed by atoms with van der Waals surface area (Å²) in [7, 11) is 0. The monoisotopic (exact) mass is 323 g/mol. The van der Waals surface area contributed by atoms with Crippen molar-refractivity contribution in [3.8, 4) is 5.69 Å². The van der Waals surface area contributed by atoms with Gasteiger partial charge in [0.15, 0.2) is 5.65 Å². The number of nitrogens with one attached hydrogen (secondary N) is 1. The Morgan fingerprint density at radius 2 is 2.04 bits per heavy atom. The van der Waals surface area contributed by atoms with E-state index in [1.807, 2.05) is 30.3 Å². The zero-order chi connectivity index (χ0) is 16.5. The summed E-state index contributed by atoms with van der Waals surface area (Å²) in [5.74, 6) is -0.0236. The summed E-state index contributed by atoms with van der Waals surface area (Å²) in [6.07, 6.45) is 5.39. The van der Waals surface area contributed by atoms with E-state index in [0.717, 1.165) is 18.5 Å². The first-order chi connectivity index (χ1) is 11.7. The minimum Gasteiger partial charge on any atom is -0.353 e. The van der Waals surface area contributed by atoms with E-state index < -0.39 is 0 Å². The molecular formula is C17H17N5O2. The van der Waals surface area contributed by atoms with Gasteiger partial charge in [0.25, 0.3) is 5.56 Å². The van der Waals surface area contributed by atoms with Crippen molar-refractivity contribution in [1.82, 2.24) is 24.6 Å². The number of benzene rings is 1. The molecule has 0 radical (unpaired) electrons. The molecule has 7 nitrogen and oxygen atoms in total. The molecule has 0 unspecified atom stereocenters. The molecule has 0 atom stereocenters. The van der Waals surface area contributed by atoms with Crippen LogP contribution in [0.2, 0.25) is 0 Å². The van der Waals surface area contributed by atoms with Crippen LogP contribution in [-0.2, 0) is 11.3 Å². The number of rotatable bonds is 5. The SMILES string of the molecule is O=C(CCn1cnc2c(cnn2-c2ccccc2)c1=O)NC1CC1. The van der Waals surface area contributed by atoms with Crippen LogP contribution in [0.25, 0.3) is 16.7 Å². The van der Waals surface area contributed by atoms with Crippen molar-refractivity contribution in [1.29, 1.82) is 0 Å². The molecule has 0 bridgehead atoms. The lowest BCUT2D eigenvalue weighted by molar-refractivity contribution is -0.121. The van der Waals surface area contributed by atoms with Gasteiger partial charge in [0.1, 0.15) is 5.39 Å². The average molecular weight is 323 g/mol. The van der Waals surface area contributed by atoms with Crippen LogP contribution in [0.4, 0.5) is 0 Å². The molecule has 1 saturated carbocycles. The van der Waals surface area contributed by atoms with E-state index in [-0.39, 0.29) is 17.9 Å². The molecule has 1 aliphatic carbocycles. The number of fused-ring (bicyclic) bond motifs is 1. The minimum atomic E-state index is -0.179. The highest BCUT2D eigenvalue weighted by Gasteiger charge is 2.23. The summed E-state index contributed by atoms with van der Waals surface area (Å²) in [6.45, 7) is 0.316. The maximum absolute atomic E-state index is 12.6. The van der Waals surface area contributed by atoms with E-state index >= 15 is 0 Å². The average Bonchev–Trinajstić information content (AvgIpc) is 3.30. The summed E-state index contributed by atoms with van der Waals surface area (Å²) < 4.78 is 3.10. The predicted octanol–water partition coefficient (Wildman–Crippen LogP) is 1.25. The molecule has 7 heteroatoms. The minimum absolute atomic E-state index is 0.0236. The van der Waals surface area contributed by atoms with Gasteiger partial charge in [-0.2, -0.15) is 5.10 Å². The second-order valence-corrected chi connectivity index (χ2v) is 5.96. The van der Waals surface area contributed by atoms with Gasteiger partial charge in [-0.05, 0) is 25.0 Å². The van der Waals surface area contributed by atoms with Gasteiger partial charge in [-0.1, -0.05) is 18.2 Å². The molecule has 122 valence electrons. The van der Waals surface area contributed by atoms with E-state index in [1.54, 1.807) is 4.68 Å². The number of hydrogen-bond donors (Lipinski definition) is 1. The fraction of sp³-hybridized carbons (Fsp3) is 0.294. The number of amides is 1. The Morgan fingerprint density at radius 1 is 1.25 bits per heavy atom. The molecule has 1 amide bonds. The molecule has 2 heterocycles. The number of hydrogen-bond acceptors (Lipinski definition) is 4. The lowest BCUT2D eigenvalue weighted by atomic mass is 10.3. The van der Waals surface area contributed by atoms with Crippen molar-refractivity contribution in [2.24, 2.45) is 0 Å². The first-order valence-electron chi connectivity index (χ1n) is 8.00. The van der Waals surface area contributed by atoms with Gasteiger partial charge in [0, 0.05) is 19.0 Å². The van der Waals surface area contributed by atoms with Crippen LogP contribution in [0.5, 0.6) is 0 Å². The maximum atomic E-state index is 12.6.